The number of para-hydroxylation sites is 1. The minimum absolute atomic E-state index is 0.302. The molecule has 240 valence electrons. The first kappa shape index (κ1) is 29.3. The van der Waals surface area contributed by atoms with Crippen molar-refractivity contribution in [3.63, 3.8) is 0 Å². The summed E-state index contributed by atoms with van der Waals surface area (Å²) in [5.41, 5.74) is 10.1. The van der Waals surface area contributed by atoms with E-state index in [0.717, 1.165) is 50.5 Å². The van der Waals surface area contributed by atoms with Crippen molar-refractivity contribution in [2.24, 2.45) is 0 Å². The number of benzene rings is 7. The van der Waals surface area contributed by atoms with Crippen LogP contribution in [0.4, 0.5) is 11.4 Å². The molecule has 0 radical (unpaired) electrons. The lowest BCUT2D eigenvalue weighted by Gasteiger charge is -2.27. The number of hydrogen-bond acceptors (Lipinski definition) is 4. The number of nitrogens with zero attached hydrogens (tertiary/aromatic N) is 4. The lowest BCUT2D eigenvalue weighted by Crippen LogP contribution is -2.16. The number of aromatic nitrogens is 3. The van der Waals surface area contributed by atoms with Crippen LogP contribution in [0.1, 0.15) is 17.9 Å². The average molecular weight is 653 g/mol. The van der Waals surface area contributed by atoms with Gasteiger partial charge in [-0.3, -0.25) is 0 Å². The zero-order valence-electron chi connectivity index (χ0n) is 27.8. The standard InChI is InChI=1S/C47H32N4/c1-2-12-31(13-3-1)33-22-25-35(26-23-33)45-48-46(37-27-24-32-14-4-5-16-36(32)30-37)50-47(49-45)44-38-17-7-6-15-34(38)28-29-43(44)51-41-20-10-8-18-39(41)40-19-9-11-21-42(40)51/h1-18,20-30,40H,19H2. The van der Waals surface area contributed by atoms with Crippen molar-refractivity contribution < 1.29 is 0 Å². The number of fused-ring (bicyclic) bond motifs is 5. The van der Waals surface area contributed by atoms with Gasteiger partial charge in [-0.2, -0.15) is 0 Å². The molecular formula is C47H32N4. The fourth-order valence-electron chi connectivity index (χ4n) is 7.73. The molecule has 10 rings (SSSR count). The average Bonchev–Trinajstić information content (AvgIpc) is 3.54. The maximum Gasteiger partial charge on any atom is 0.166 e. The first-order chi connectivity index (χ1) is 25.3. The predicted octanol–water partition coefficient (Wildman–Crippen LogP) is 11.9. The second-order valence-corrected chi connectivity index (χ2v) is 13.2. The summed E-state index contributed by atoms with van der Waals surface area (Å²) >= 11 is 0. The van der Waals surface area contributed by atoms with Gasteiger partial charge in [-0.25, -0.2) is 15.0 Å². The van der Waals surface area contributed by atoms with Gasteiger partial charge in [-0.15, -0.1) is 0 Å². The van der Waals surface area contributed by atoms with Crippen LogP contribution in [0.3, 0.4) is 0 Å². The molecule has 2 aliphatic rings. The summed E-state index contributed by atoms with van der Waals surface area (Å²) in [6.07, 6.45) is 7.69. The number of hydrogen-bond donors (Lipinski definition) is 0. The van der Waals surface area contributed by atoms with Crippen LogP contribution in [0.2, 0.25) is 0 Å². The van der Waals surface area contributed by atoms with Crippen LogP contribution in [0.5, 0.6) is 0 Å². The van der Waals surface area contributed by atoms with Crippen molar-refractivity contribution in [1.29, 1.82) is 0 Å². The smallest absolute Gasteiger partial charge is 0.166 e. The van der Waals surface area contributed by atoms with Gasteiger partial charge in [0.1, 0.15) is 0 Å². The molecule has 4 heteroatoms. The van der Waals surface area contributed by atoms with Crippen molar-refractivity contribution in [2.75, 3.05) is 4.90 Å². The Bertz CT molecular complexity index is 2670. The van der Waals surface area contributed by atoms with Crippen LogP contribution in [-0.2, 0) is 0 Å². The molecule has 0 saturated heterocycles. The van der Waals surface area contributed by atoms with E-state index in [2.05, 4.69) is 175 Å². The summed E-state index contributed by atoms with van der Waals surface area (Å²) in [4.78, 5) is 18.2. The maximum atomic E-state index is 5.33. The second-order valence-electron chi connectivity index (χ2n) is 13.2. The lowest BCUT2D eigenvalue weighted by molar-refractivity contribution is 0.820. The van der Waals surface area contributed by atoms with Crippen LogP contribution in [-0.4, -0.2) is 15.0 Å². The summed E-state index contributed by atoms with van der Waals surface area (Å²) in [5, 5.41) is 4.57. The first-order valence-corrected chi connectivity index (χ1v) is 17.5. The van der Waals surface area contributed by atoms with Crippen LogP contribution in [0, 0.1) is 0 Å². The summed E-state index contributed by atoms with van der Waals surface area (Å²) < 4.78 is 0. The molecule has 2 heterocycles. The van der Waals surface area contributed by atoms with E-state index in [0.29, 0.717) is 23.4 Å². The third-order valence-electron chi connectivity index (χ3n) is 10.2. The van der Waals surface area contributed by atoms with Crippen molar-refractivity contribution in [3.05, 3.63) is 187 Å². The van der Waals surface area contributed by atoms with Crippen LogP contribution in [0.15, 0.2) is 182 Å². The maximum absolute atomic E-state index is 5.33. The van der Waals surface area contributed by atoms with Gasteiger partial charge in [-0.1, -0.05) is 152 Å². The molecule has 1 atom stereocenters. The minimum Gasteiger partial charge on any atom is -0.313 e. The van der Waals surface area contributed by atoms with Crippen molar-refractivity contribution in [2.45, 2.75) is 12.3 Å². The fourth-order valence-corrected chi connectivity index (χ4v) is 7.73. The first-order valence-electron chi connectivity index (χ1n) is 17.5. The van der Waals surface area contributed by atoms with Crippen LogP contribution >= 0.6 is 0 Å². The van der Waals surface area contributed by atoms with E-state index in [-0.39, 0.29) is 0 Å². The highest BCUT2D eigenvalue weighted by molar-refractivity contribution is 6.04. The van der Waals surface area contributed by atoms with E-state index in [1.54, 1.807) is 0 Å². The largest absolute Gasteiger partial charge is 0.313 e. The molecule has 0 N–H and O–H groups in total. The summed E-state index contributed by atoms with van der Waals surface area (Å²) in [5.74, 6) is 2.23. The highest BCUT2D eigenvalue weighted by Gasteiger charge is 2.36. The van der Waals surface area contributed by atoms with Crippen molar-refractivity contribution in [1.82, 2.24) is 15.0 Å². The van der Waals surface area contributed by atoms with Crippen LogP contribution < -0.4 is 4.90 Å². The Morgan fingerprint density at radius 2 is 1.10 bits per heavy atom. The molecule has 0 fully saturated rings. The molecule has 7 aromatic carbocycles. The van der Waals surface area contributed by atoms with Gasteiger partial charge >= 0.3 is 0 Å². The molecule has 1 aliphatic carbocycles. The molecule has 0 amide bonds. The highest BCUT2D eigenvalue weighted by Crippen LogP contribution is 2.53. The highest BCUT2D eigenvalue weighted by atomic mass is 15.2. The number of rotatable bonds is 5. The molecule has 1 unspecified atom stereocenters. The summed E-state index contributed by atoms with van der Waals surface area (Å²) in [7, 11) is 0. The Morgan fingerprint density at radius 3 is 1.96 bits per heavy atom. The topological polar surface area (TPSA) is 41.9 Å². The molecule has 4 nitrogen and oxygen atoms in total. The van der Waals surface area contributed by atoms with E-state index < -0.39 is 0 Å². The third kappa shape index (κ3) is 5.03. The SMILES string of the molecule is C1=CCC2C(=C1)N(c1ccc3ccccc3c1-c1nc(-c3ccc(-c4ccccc4)cc3)nc(-c3ccc4ccccc4c3)n1)c1ccccc12. The number of allylic oxidation sites excluding steroid dienone is 4. The van der Waals surface area contributed by atoms with Crippen molar-refractivity contribution in [3.8, 4) is 45.3 Å². The van der Waals surface area contributed by atoms with Gasteiger partial charge in [0.2, 0.25) is 0 Å². The van der Waals surface area contributed by atoms with E-state index in [4.69, 9.17) is 15.0 Å². The molecule has 51 heavy (non-hydrogen) atoms. The molecular weight excluding hydrogens is 621 g/mol. The third-order valence-corrected chi connectivity index (χ3v) is 10.2. The van der Waals surface area contributed by atoms with E-state index >= 15 is 0 Å². The van der Waals surface area contributed by atoms with Gasteiger partial charge in [0, 0.05) is 28.4 Å². The summed E-state index contributed by atoms with van der Waals surface area (Å²) in [6, 6.07) is 55.7. The van der Waals surface area contributed by atoms with Gasteiger partial charge in [0.25, 0.3) is 0 Å². The van der Waals surface area contributed by atoms with Crippen LogP contribution in [0.25, 0.3) is 66.8 Å². The van der Waals surface area contributed by atoms with E-state index in [1.807, 2.05) is 6.07 Å². The zero-order chi connectivity index (χ0) is 33.7. The normalized spacial score (nSPS) is 14.8. The van der Waals surface area contributed by atoms with Crippen molar-refractivity contribution >= 4 is 32.9 Å². The van der Waals surface area contributed by atoms with Gasteiger partial charge in [0.05, 0.1) is 11.3 Å². The lowest BCUT2D eigenvalue weighted by atomic mass is 9.92. The fraction of sp³-hybridized carbons (Fsp3) is 0.0426. The van der Waals surface area contributed by atoms with Gasteiger partial charge < -0.3 is 4.90 Å². The Balaban J connectivity index is 1.22. The Labute approximate surface area is 296 Å². The quantitative estimate of drug-likeness (QED) is 0.186. The minimum atomic E-state index is 0.302. The molecule has 0 saturated carbocycles. The second kappa shape index (κ2) is 12.0. The molecule has 0 bridgehead atoms. The Morgan fingerprint density at radius 1 is 0.471 bits per heavy atom. The molecule has 1 aliphatic heterocycles. The van der Waals surface area contributed by atoms with Gasteiger partial charge in [-0.05, 0) is 68.9 Å². The predicted molar refractivity (Wildman–Crippen MR) is 210 cm³/mol. The zero-order valence-corrected chi connectivity index (χ0v) is 27.8. The monoisotopic (exact) mass is 652 g/mol. The summed E-state index contributed by atoms with van der Waals surface area (Å²) in [6.45, 7) is 0. The molecule has 0 spiro atoms. The van der Waals surface area contributed by atoms with E-state index in [9.17, 15) is 0 Å². The molecule has 8 aromatic rings. The molecule has 1 aromatic heterocycles. The van der Waals surface area contributed by atoms with E-state index in [1.165, 1.54) is 27.9 Å². The van der Waals surface area contributed by atoms with Gasteiger partial charge in [0.15, 0.2) is 17.5 Å². The Kier molecular flexibility index (Phi) is 6.91. The Hall–Kier alpha value is -6.65. The number of anilines is 2.